The molecule has 0 radical (unpaired) electrons. The highest BCUT2D eigenvalue weighted by atomic mass is 32.2. The van der Waals surface area contributed by atoms with Crippen molar-refractivity contribution >= 4 is 23.0 Å². The van der Waals surface area contributed by atoms with Crippen LogP contribution < -0.4 is 5.32 Å². The van der Waals surface area contributed by atoms with E-state index in [-0.39, 0.29) is 23.7 Å². The smallest absolute Gasteiger partial charge is 0.330 e. The lowest BCUT2D eigenvalue weighted by molar-refractivity contribution is -0.278. The van der Waals surface area contributed by atoms with Gasteiger partial charge >= 0.3 is 5.97 Å². The molecule has 0 unspecified atom stereocenters. The van der Waals surface area contributed by atoms with Crippen molar-refractivity contribution in [2.24, 2.45) is 0 Å². The third kappa shape index (κ3) is 9.53. The zero-order valence-electron chi connectivity index (χ0n) is 18.7. The molecule has 6 nitrogen and oxygen atoms in total. The predicted molar refractivity (Wildman–Crippen MR) is 118 cm³/mol. The molecule has 0 aromatic rings. The highest BCUT2D eigenvalue weighted by Crippen LogP contribution is 2.35. The highest BCUT2D eigenvalue weighted by Gasteiger charge is 2.48. The van der Waals surface area contributed by atoms with Crippen molar-refractivity contribution in [3.05, 3.63) is 11.6 Å². The first-order valence-corrected chi connectivity index (χ1v) is 11.9. The monoisotopic (exact) mass is 429 g/mol. The number of esters is 1. The van der Waals surface area contributed by atoms with Gasteiger partial charge in [0, 0.05) is 24.7 Å². The summed E-state index contributed by atoms with van der Waals surface area (Å²) in [6, 6.07) is -0.485. The van der Waals surface area contributed by atoms with Crippen molar-refractivity contribution in [1.82, 2.24) is 5.32 Å². The number of aliphatic hydroxyl groups is 1. The molecule has 1 amide bonds. The van der Waals surface area contributed by atoms with E-state index in [9.17, 15) is 14.7 Å². The van der Waals surface area contributed by atoms with Gasteiger partial charge in [-0.05, 0) is 26.7 Å². The predicted octanol–water partition coefficient (Wildman–Crippen LogP) is 4.94. The molecule has 4 atom stereocenters. The number of nitrogens with one attached hydrogen (secondary N) is 1. The molecule has 0 aliphatic carbocycles. The quantitative estimate of drug-likeness (QED) is 0.420. The second-order valence-corrected chi connectivity index (χ2v) is 9.01. The van der Waals surface area contributed by atoms with Gasteiger partial charge < -0.3 is 19.9 Å². The zero-order valence-corrected chi connectivity index (χ0v) is 19.5. The van der Waals surface area contributed by atoms with E-state index in [1.165, 1.54) is 25.3 Å². The summed E-state index contributed by atoms with van der Waals surface area (Å²) in [4.78, 5) is 23.5. The average Bonchev–Trinajstić information content (AvgIpc) is 3.07. The molecular formula is C22H39NO5S. The molecule has 7 heteroatoms. The van der Waals surface area contributed by atoms with Crippen LogP contribution in [0.4, 0.5) is 4.79 Å². The maximum atomic E-state index is 12.1. The largest absolute Gasteiger partial charge is 0.459 e. The van der Waals surface area contributed by atoms with Gasteiger partial charge in [-0.2, -0.15) is 0 Å². The summed E-state index contributed by atoms with van der Waals surface area (Å²) in [6.07, 6.45) is 8.62. The number of hydrogen-bond acceptors (Lipinski definition) is 6. The van der Waals surface area contributed by atoms with Crippen molar-refractivity contribution in [3.63, 3.8) is 0 Å². The van der Waals surface area contributed by atoms with Gasteiger partial charge in [0.15, 0.2) is 5.79 Å². The number of rotatable bonds is 8. The summed E-state index contributed by atoms with van der Waals surface area (Å²) >= 11 is 1.12. The van der Waals surface area contributed by atoms with Gasteiger partial charge in [0.1, 0.15) is 6.10 Å². The van der Waals surface area contributed by atoms with E-state index in [4.69, 9.17) is 9.47 Å². The minimum Gasteiger partial charge on any atom is -0.459 e. The van der Waals surface area contributed by atoms with Gasteiger partial charge in [0.05, 0.1) is 12.1 Å². The average molecular weight is 430 g/mol. The number of allylic oxidation sites excluding steroid dienone is 1. The van der Waals surface area contributed by atoms with Crippen molar-refractivity contribution in [1.29, 1.82) is 0 Å². The summed E-state index contributed by atoms with van der Waals surface area (Å²) in [7, 11) is 0. The van der Waals surface area contributed by atoms with Gasteiger partial charge in [-0.15, -0.1) is 0 Å². The van der Waals surface area contributed by atoms with Crippen LogP contribution in [0.2, 0.25) is 0 Å². The molecule has 0 bridgehead atoms. The normalized spacial score (nSPS) is 29.7. The molecule has 2 aliphatic rings. The Kier molecular flexibility index (Phi) is 11.9. The molecule has 0 spiro atoms. The minimum atomic E-state index is -1.50. The third-order valence-corrected chi connectivity index (χ3v) is 5.90. The summed E-state index contributed by atoms with van der Waals surface area (Å²) in [6.45, 7) is 10.3. The van der Waals surface area contributed by atoms with Gasteiger partial charge in [-0.1, -0.05) is 63.8 Å². The number of carbonyl (C=O) groups is 2. The van der Waals surface area contributed by atoms with E-state index in [0.29, 0.717) is 12.2 Å². The first kappa shape index (κ1) is 26.0. The number of unbranched alkanes of at least 4 members (excludes halogenated alkanes) is 3. The van der Waals surface area contributed by atoms with E-state index in [0.717, 1.165) is 36.6 Å². The molecule has 168 valence electrons. The van der Waals surface area contributed by atoms with Crippen molar-refractivity contribution < 1.29 is 24.2 Å². The van der Waals surface area contributed by atoms with Crippen molar-refractivity contribution in [2.75, 3.05) is 5.75 Å². The first-order valence-electron chi connectivity index (χ1n) is 10.9. The Morgan fingerprint density at radius 2 is 1.97 bits per heavy atom. The van der Waals surface area contributed by atoms with E-state index < -0.39 is 17.9 Å². The molecule has 0 aromatic carbocycles. The topological polar surface area (TPSA) is 84.9 Å². The number of carbonyl (C=O) groups excluding carboxylic acids is 2. The van der Waals surface area contributed by atoms with Crippen LogP contribution in [0.15, 0.2) is 11.6 Å². The lowest BCUT2D eigenvalue weighted by Gasteiger charge is -2.42. The van der Waals surface area contributed by atoms with Gasteiger partial charge in [-0.3, -0.25) is 4.79 Å². The van der Waals surface area contributed by atoms with Crippen LogP contribution in [-0.2, 0) is 14.3 Å². The molecule has 2 rings (SSSR count). The van der Waals surface area contributed by atoms with Crippen LogP contribution in [0.25, 0.3) is 0 Å². The fourth-order valence-corrected chi connectivity index (χ4v) is 4.33. The maximum absolute atomic E-state index is 12.1. The highest BCUT2D eigenvalue weighted by molar-refractivity contribution is 8.14. The molecule has 29 heavy (non-hydrogen) atoms. The molecule has 2 aliphatic heterocycles. The Morgan fingerprint density at radius 1 is 1.31 bits per heavy atom. The van der Waals surface area contributed by atoms with Crippen molar-refractivity contribution in [2.45, 2.75) is 110 Å². The number of thioether (sulfide) groups is 1. The molecule has 0 saturated carbocycles. The van der Waals surface area contributed by atoms with Crippen LogP contribution in [0.3, 0.4) is 0 Å². The summed E-state index contributed by atoms with van der Waals surface area (Å²) < 4.78 is 11.2. The van der Waals surface area contributed by atoms with Gasteiger partial charge in [0.2, 0.25) is 0 Å². The number of hydrogen-bond donors (Lipinski definition) is 2. The molecule has 2 heterocycles. The molecule has 2 saturated heterocycles. The molecule has 2 N–H and O–H groups in total. The zero-order chi connectivity index (χ0) is 21.9. The number of ether oxygens (including phenoxy) is 2. The molecular weight excluding hydrogens is 390 g/mol. The Bertz CT molecular complexity index is 551. The summed E-state index contributed by atoms with van der Waals surface area (Å²) in [5.74, 6) is -1.43. The molecule has 0 aromatic heterocycles. The fourth-order valence-electron chi connectivity index (χ4n) is 3.45. The SMILES string of the molecule is CCCC/C(C)=C\C(=O)O[C@@H]1C[C@@H](C)O[C@@](O)([C@@H]2CSC(=O)N2)C1.CCCCC. The first-order chi connectivity index (χ1) is 13.7. The van der Waals surface area contributed by atoms with Gasteiger partial charge in [0.25, 0.3) is 5.24 Å². The standard InChI is InChI=1S/C17H27NO5S.C5H12/c1-4-5-6-11(2)7-15(19)22-13-8-12(3)23-17(21,9-13)14-10-24-16(20)18-14;1-3-5-4-2/h7,12-14,21H,4-6,8-10H2,1-3H3,(H,18,20);3-5H2,1-2H3/b11-7-;/t12-,13-,14+,17-;/m1./s1. The lowest BCUT2D eigenvalue weighted by atomic mass is 9.94. The summed E-state index contributed by atoms with van der Waals surface area (Å²) in [5.41, 5.74) is 0.997. The van der Waals surface area contributed by atoms with E-state index in [1.807, 2.05) is 13.8 Å². The van der Waals surface area contributed by atoms with Crippen LogP contribution in [0.5, 0.6) is 0 Å². The second-order valence-electron chi connectivity index (χ2n) is 8.02. The fraction of sp³-hybridized carbons (Fsp3) is 0.818. The minimum absolute atomic E-state index is 0.163. The second kappa shape index (κ2) is 13.3. The lowest BCUT2D eigenvalue weighted by Crippen LogP contribution is -2.58. The van der Waals surface area contributed by atoms with Crippen LogP contribution in [0.1, 0.15) is 86.0 Å². The third-order valence-electron chi connectivity index (χ3n) is 5.02. The maximum Gasteiger partial charge on any atom is 0.330 e. The van der Waals surface area contributed by atoms with Gasteiger partial charge in [-0.25, -0.2) is 4.79 Å². The summed E-state index contributed by atoms with van der Waals surface area (Å²) in [5, 5.41) is 13.3. The Hall–Kier alpha value is -1.05. The van der Waals surface area contributed by atoms with E-state index in [1.54, 1.807) is 0 Å². The van der Waals surface area contributed by atoms with Crippen LogP contribution in [-0.4, -0.2) is 46.1 Å². The van der Waals surface area contributed by atoms with E-state index in [2.05, 4.69) is 26.1 Å². The Balaban J connectivity index is 0.000000749. The number of amides is 1. The van der Waals surface area contributed by atoms with Crippen LogP contribution >= 0.6 is 11.8 Å². The van der Waals surface area contributed by atoms with Crippen LogP contribution in [0, 0.1) is 0 Å². The van der Waals surface area contributed by atoms with E-state index >= 15 is 0 Å². The van der Waals surface area contributed by atoms with Crippen molar-refractivity contribution in [3.8, 4) is 0 Å². The Morgan fingerprint density at radius 3 is 2.48 bits per heavy atom. The molecule has 2 fully saturated rings. The Labute approximate surface area is 180 Å².